The predicted octanol–water partition coefficient (Wildman–Crippen LogP) is 7.05. The van der Waals surface area contributed by atoms with Gasteiger partial charge in [-0.1, -0.05) is 6.07 Å². The van der Waals surface area contributed by atoms with Crippen molar-refractivity contribution >= 4 is 22.7 Å². The number of likely N-dealkylation sites (tertiary alicyclic amines) is 1. The molecule has 1 fully saturated rings. The fourth-order valence-electron chi connectivity index (χ4n) is 5.25. The SMILES string of the molecule is COc1ccc2nccc(C(F)CC[C@@H]3CCN(CCCSc4cccc(OC(F)(F)F)c4)C[C@@H]3CO)c2c1. The summed E-state index contributed by atoms with van der Waals surface area (Å²) in [6.07, 6.45) is -1.36. The van der Waals surface area contributed by atoms with Crippen LogP contribution >= 0.6 is 11.8 Å². The molecular formula is C29H34F4N2O3S. The van der Waals surface area contributed by atoms with Crippen molar-refractivity contribution < 1.29 is 32.1 Å². The zero-order valence-corrected chi connectivity index (χ0v) is 22.7. The molecule has 1 aromatic heterocycles. The third-order valence-corrected chi connectivity index (χ3v) is 8.33. The summed E-state index contributed by atoms with van der Waals surface area (Å²) in [5, 5.41) is 10.8. The van der Waals surface area contributed by atoms with Gasteiger partial charge in [0.25, 0.3) is 0 Å². The van der Waals surface area contributed by atoms with Crippen LogP contribution in [0, 0.1) is 11.8 Å². The van der Waals surface area contributed by atoms with Gasteiger partial charge in [0.2, 0.25) is 0 Å². The van der Waals surface area contributed by atoms with Gasteiger partial charge in [0, 0.05) is 29.6 Å². The molecule has 3 aromatic rings. The van der Waals surface area contributed by atoms with E-state index >= 15 is 4.39 Å². The van der Waals surface area contributed by atoms with E-state index in [-0.39, 0.29) is 24.2 Å². The molecule has 0 aliphatic carbocycles. The van der Waals surface area contributed by atoms with Gasteiger partial charge in [0.1, 0.15) is 17.7 Å². The van der Waals surface area contributed by atoms with E-state index in [0.29, 0.717) is 24.2 Å². The second-order valence-corrected chi connectivity index (χ2v) is 11.0. The topological polar surface area (TPSA) is 54.8 Å². The van der Waals surface area contributed by atoms with E-state index in [0.717, 1.165) is 54.0 Å². The minimum absolute atomic E-state index is 0.0637. The van der Waals surface area contributed by atoms with Crippen molar-refractivity contribution in [3.05, 3.63) is 60.3 Å². The number of nitrogens with zero attached hydrogens (tertiary/aromatic N) is 2. The summed E-state index contributed by atoms with van der Waals surface area (Å²) in [5.41, 5.74) is 1.35. The Labute approximate surface area is 230 Å². The van der Waals surface area contributed by atoms with Crippen LogP contribution in [0.3, 0.4) is 0 Å². The molecule has 1 aliphatic rings. The standard InChI is InChI=1S/C29H34F4N2O3S/c1-37-22-7-9-28-26(17-22)25(10-12-34-28)27(30)8-6-20-11-14-35(18-21(20)19-36)13-3-15-39-24-5-2-4-23(16-24)38-29(31,32)33/h2,4-5,7,9-10,12,16-17,20-21,27,36H,3,6,8,11,13-15,18-19H2,1H3/t20-,21-,27?/m1/s1. The first-order valence-electron chi connectivity index (χ1n) is 13.1. The second-order valence-electron chi connectivity index (χ2n) is 9.84. The van der Waals surface area contributed by atoms with Crippen LogP contribution in [0.2, 0.25) is 0 Å². The summed E-state index contributed by atoms with van der Waals surface area (Å²) in [6, 6.07) is 13.2. The molecule has 2 aromatic carbocycles. The highest BCUT2D eigenvalue weighted by atomic mass is 32.2. The molecule has 1 saturated heterocycles. The van der Waals surface area contributed by atoms with Gasteiger partial charge in [-0.25, -0.2) is 4.39 Å². The van der Waals surface area contributed by atoms with E-state index in [2.05, 4.69) is 14.6 Å². The van der Waals surface area contributed by atoms with E-state index in [1.807, 2.05) is 18.2 Å². The van der Waals surface area contributed by atoms with E-state index in [1.165, 1.54) is 23.9 Å². The van der Waals surface area contributed by atoms with E-state index in [9.17, 15) is 18.3 Å². The van der Waals surface area contributed by atoms with Gasteiger partial charge in [-0.2, -0.15) is 0 Å². The lowest BCUT2D eigenvalue weighted by atomic mass is 9.81. The maximum atomic E-state index is 15.4. The molecule has 5 nitrogen and oxygen atoms in total. The van der Waals surface area contributed by atoms with Gasteiger partial charge < -0.3 is 19.5 Å². The Kier molecular flexibility index (Phi) is 10.3. The average Bonchev–Trinajstić information content (AvgIpc) is 2.93. The average molecular weight is 567 g/mol. The number of aliphatic hydroxyl groups excluding tert-OH is 1. The Morgan fingerprint density at radius 3 is 2.74 bits per heavy atom. The van der Waals surface area contributed by atoms with Crippen LogP contribution in [-0.2, 0) is 0 Å². The first-order valence-corrected chi connectivity index (χ1v) is 14.1. The van der Waals surface area contributed by atoms with Crippen LogP contribution in [0.15, 0.2) is 59.6 Å². The van der Waals surface area contributed by atoms with Crippen LogP contribution in [0.25, 0.3) is 10.9 Å². The molecule has 212 valence electrons. The molecule has 0 amide bonds. The Bertz CT molecular complexity index is 1210. The molecule has 10 heteroatoms. The zero-order valence-electron chi connectivity index (χ0n) is 21.9. The summed E-state index contributed by atoms with van der Waals surface area (Å²) < 4.78 is 62.0. The molecule has 3 atom stereocenters. The van der Waals surface area contributed by atoms with Crippen LogP contribution in [0.5, 0.6) is 11.5 Å². The van der Waals surface area contributed by atoms with Crippen molar-refractivity contribution in [3.8, 4) is 11.5 Å². The van der Waals surface area contributed by atoms with E-state index < -0.39 is 12.5 Å². The van der Waals surface area contributed by atoms with Crippen LogP contribution in [0.1, 0.15) is 37.4 Å². The number of hydrogen-bond donors (Lipinski definition) is 1. The van der Waals surface area contributed by atoms with Crippen LogP contribution in [-0.4, -0.2) is 60.5 Å². The molecule has 39 heavy (non-hydrogen) atoms. The number of aliphatic hydroxyl groups is 1. The molecule has 1 N–H and O–H groups in total. The number of halogens is 4. The number of benzene rings is 2. The second kappa shape index (κ2) is 13.7. The van der Waals surface area contributed by atoms with Gasteiger partial charge in [0.05, 0.1) is 12.6 Å². The van der Waals surface area contributed by atoms with Crippen molar-refractivity contribution in [1.82, 2.24) is 9.88 Å². The third-order valence-electron chi connectivity index (χ3n) is 7.25. The van der Waals surface area contributed by atoms with Gasteiger partial charge in [-0.15, -0.1) is 24.9 Å². The minimum atomic E-state index is -4.70. The van der Waals surface area contributed by atoms with Gasteiger partial charge in [-0.3, -0.25) is 4.98 Å². The number of hydrogen-bond acceptors (Lipinski definition) is 6. The predicted molar refractivity (Wildman–Crippen MR) is 145 cm³/mol. The van der Waals surface area contributed by atoms with Gasteiger partial charge in [0.15, 0.2) is 0 Å². The first-order chi connectivity index (χ1) is 18.8. The Morgan fingerprint density at radius 2 is 1.97 bits per heavy atom. The first kappa shape index (κ1) is 29.4. The van der Waals surface area contributed by atoms with Gasteiger partial charge in [-0.05, 0) is 104 Å². The number of fused-ring (bicyclic) bond motifs is 1. The highest BCUT2D eigenvalue weighted by molar-refractivity contribution is 7.99. The number of aromatic nitrogens is 1. The molecule has 4 rings (SSSR count). The summed E-state index contributed by atoms with van der Waals surface area (Å²) in [6.45, 7) is 2.54. The Balaban J connectivity index is 1.23. The highest BCUT2D eigenvalue weighted by Gasteiger charge is 2.31. The van der Waals surface area contributed by atoms with Crippen LogP contribution in [0.4, 0.5) is 17.6 Å². The zero-order chi connectivity index (χ0) is 27.8. The molecule has 0 saturated carbocycles. The summed E-state index contributed by atoms with van der Waals surface area (Å²) in [5.74, 6) is 1.54. The van der Waals surface area contributed by atoms with Crippen LogP contribution < -0.4 is 9.47 Å². The van der Waals surface area contributed by atoms with Gasteiger partial charge >= 0.3 is 6.36 Å². The molecule has 1 unspecified atom stereocenters. The number of pyridine rings is 1. The van der Waals surface area contributed by atoms with E-state index in [4.69, 9.17) is 4.74 Å². The molecular weight excluding hydrogens is 532 g/mol. The summed E-state index contributed by atoms with van der Waals surface area (Å²) in [4.78, 5) is 7.38. The third kappa shape index (κ3) is 8.46. The number of rotatable bonds is 12. The number of ether oxygens (including phenoxy) is 2. The number of alkyl halides is 4. The number of methoxy groups -OCH3 is 1. The maximum Gasteiger partial charge on any atom is 0.573 e. The lowest BCUT2D eigenvalue weighted by Crippen LogP contribution is -2.42. The van der Waals surface area contributed by atoms with E-state index in [1.54, 1.807) is 31.5 Å². The van der Waals surface area contributed by atoms with Crippen molar-refractivity contribution in [2.24, 2.45) is 11.8 Å². The number of piperidine rings is 1. The summed E-state index contributed by atoms with van der Waals surface area (Å²) >= 11 is 1.49. The molecule has 0 bridgehead atoms. The Morgan fingerprint density at radius 1 is 1.13 bits per heavy atom. The molecule has 1 aliphatic heterocycles. The van der Waals surface area contributed by atoms with Crippen molar-refractivity contribution in [1.29, 1.82) is 0 Å². The van der Waals surface area contributed by atoms with Crippen molar-refractivity contribution in [2.45, 2.75) is 43.1 Å². The molecule has 0 radical (unpaired) electrons. The molecule has 0 spiro atoms. The lowest BCUT2D eigenvalue weighted by Gasteiger charge is -2.38. The quantitative estimate of drug-likeness (QED) is 0.144. The van der Waals surface area contributed by atoms with Crippen molar-refractivity contribution in [3.63, 3.8) is 0 Å². The summed E-state index contributed by atoms with van der Waals surface area (Å²) in [7, 11) is 1.58. The Hall–Kier alpha value is -2.56. The smallest absolute Gasteiger partial charge is 0.497 e. The molecule has 2 heterocycles. The largest absolute Gasteiger partial charge is 0.573 e. The fraction of sp³-hybridized carbons (Fsp3) is 0.483. The highest BCUT2D eigenvalue weighted by Crippen LogP contribution is 2.35. The lowest BCUT2D eigenvalue weighted by molar-refractivity contribution is -0.274. The van der Waals surface area contributed by atoms with Crippen molar-refractivity contribution in [2.75, 3.05) is 39.1 Å². The maximum absolute atomic E-state index is 15.4. The fourth-order valence-corrected chi connectivity index (χ4v) is 6.13. The monoisotopic (exact) mass is 566 g/mol. The minimum Gasteiger partial charge on any atom is -0.497 e. The normalized spacial score (nSPS) is 19.2. The number of thioether (sulfide) groups is 1.